The van der Waals surface area contributed by atoms with Crippen molar-refractivity contribution >= 4 is 32.9 Å². The number of nitrogens with zero attached hydrogens (tertiary/aromatic N) is 1. The van der Waals surface area contributed by atoms with Crippen LogP contribution in [0.4, 0.5) is 10.8 Å². The molecule has 0 aliphatic rings. The van der Waals surface area contributed by atoms with Gasteiger partial charge in [0.05, 0.1) is 5.69 Å². The summed E-state index contributed by atoms with van der Waals surface area (Å²) in [7, 11) is 0. The molecule has 24 heavy (non-hydrogen) atoms. The standard InChI is InChI=1S/C21H18N2S/c1-2-19-20(16-10-4-3-5-11-16)23-21(24-19)22-18-14-8-12-15-9-6-7-13-17(15)18/h3-14H,2H2,1H3,(H,22,23). The third-order valence-electron chi connectivity index (χ3n) is 4.10. The van der Waals surface area contributed by atoms with Gasteiger partial charge in [-0.15, -0.1) is 11.3 Å². The molecule has 4 aromatic rings. The number of hydrogen-bond donors (Lipinski definition) is 1. The summed E-state index contributed by atoms with van der Waals surface area (Å²) in [5.41, 5.74) is 3.37. The number of thiazole rings is 1. The lowest BCUT2D eigenvalue weighted by molar-refractivity contribution is 1.17. The molecule has 0 atom stereocenters. The lowest BCUT2D eigenvalue weighted by Crippen LogP contribution is -1.91. The number of nitrogens with one attached hydrogen (secondary N) is 1. The number of rotatable bonds is 4. The van der Waals surface area contributed by atoms with Crippen molar-refractivity contribution in [3.8, 4) is 11.3 Å². The van der Waals surface area contributed by atoms with E-state index in [0.717, 1.165) is 22.9 Å². The third-order valence-corrected chi connectivity index (χ3v) is 5.21. The summed E-state index contributed by atoms with van der Waals surface area (Å²) in [6, 6.07) is 25.1. The number of benzene rings is 3. The first-order chi connectivity index (χ1) is 11.8. The molecule has 0 bridgehead atoms. The minimum absolute atomic E-state index is 0.946. The molecule has 0 fully saturated rings. The average molecular weight is 330 g/mol. The second-order valence-corrected chi connectivity index (χ2v) is 6.75. The van der Waals surface area contributed by atoms with Gasteiger partial charge in [0, 0.05) is 21.5 Å². The smallest absolute Gasteiger partial charge is 0.187 e. The quantitative estimate of drug-likeness (QED) is 0.477. The molecule has 2 nitrogen and oxygen atoms in total. The Morgan fingerprint density at radius 2 is 1.62 bits per heavy atom. The Bertz CT molecular complexity index is 968. The van der Waals surface area contributed by atoms with Crippen molar-refractivity contribution < 1.29 is 0 Å². The zero-order valence-electron chi connectivity index (χ0n) is 13.5. The normalized spacial score (nSPS) is 10.9. The Labute approximate surface area is 145 Å². The maximum atomic E-state index is 4.86. The van der Waals surface area contributed by atoms with Crippen LogP contribution in [0.25, 0.3) is 22.0 Å². The molecule has 0 aliphatic heterocycles. The fourth-order valence-corrected chi connectivity index (χ4v) is 3.85. The molecule has 0 saturated carbocycles. The number of anilines is 2. The largest absolute Gasteiger partial charge is 0.331 e. The number of aromatic nitrogens is 1. The van der Waals surface area contributed by atoms with E-state index < -0.39 is 0 Å². The van der Waals surface area contributed by atoms with Gasteiger partial charge in [-0.1, -0.05) is 73.7 Å². The van der Waals surface area contributed by atoms with Gasteiger partial charge in [0.2, 0.25) is 0 Å². The van der Waals surface area contributed by atoms with Gasteiger partial charge < -0.3 is 5.32 Å². The molecule has 0 unspecified atom stereocenters. The lowest BCUT2D eigenvalue weighted by Gasteiger charge is -2.06. The summed E-state index contributed by atoms with van der Waals surface area (Å²) in [4.78, 5) is 6.17. The maximum Gasteiger partial charge on any atom is 0.187 e. The minimum atomic E-state index is 0.946. The molecule has 1 heterocycles. The maximum absolute atomic E-state index is 4.86. The highest BCUT2D eigenvalue weighted by molar-refractivity contribution is 7.16. The molecule has 0 spiro atoms. The molecule has 3 heteroatoms. The second-order valence-electron chi connectivity index (χ2n) is 5.66. The van der Waals surface area contributed by atoms with Crippen molar-refractivity contribution in [2.75, 3.05) is 5.32 Å². The Morgan fingerprint density at radius 3 is 2.46 bits per heavy atom. The van der Waals surface area contributed by atoms with Crippen molar-refractivity contribution in [1.29, 1.82) is 0 Å². The molecule has 0 amide bonds. The highest BCUT2D eigenvalue weighted by Gasteiger charge is 2.12. The Kier molecular flexibility index (Phi) is 4.01. The first-order valence-corrected chi connectivity index (χ1v) is 8.96. The topological polar surface area (TPSA) is 24.9 Å². The second kappa shape index (κ2) is 6.46. The Balaban J connectivity index is 1.74. The van der Waals surface area contributed by atoms with Crippen LogP contribution in [0.5, 0.6) is 0 Å². The van der Waals surface area contributed by atoms with E-state index in [1.54, 1.807) is 11.3 Å². The Morgan fingerprint density at radius 1 is 0.875 bits per heavy atom. The first kappa shape index (κ1) is 14.9. The fraction of sp³-hybridized carbons (Fsp3) is 0.0952. The van der Waals surface area contributed by atoms with Crippen LogP contribution in [-0.2, 0) is 6.42 Å². The highest BCUT2D eigenvalue weighted by atomic mass is 32.1. The van der Waals surface area contributed by atoms with Crippen molar-refractivity contribution in [3.63, 3.8) is 0 Å². The van der Waals surface area contributed by atoms with Gasteiger partial charge in [0.1, 0.15) is 0 Å². The molecule has 1 N–H and O–H groups in total. The van der Waals surface area contributed by atoms with Crippen molar-refractivity contribution in [2.24, 2.45) is 0 Å². The summed E-state index contributed by atoms with van der Waals surface area (Å²) in [6.07, 6.45) is 0.985. The molecule has 0 saturated heterocycles. The van der Waals surface area contributed by atoms with Crippen LogP contribution < -0.4 is 5.32 Å². The van der Waals surface area contributed by atoms with Gasteiger partial charge in [-0.25, -0.2) is 4.98 Å². The van der Waals surface area contributed by atoms with Gasteiger partial charge in [0.15, 0.2) is 5.13 Å². The Hall–Kier alpha value is -2.65. The van der Waals surface area contributed by atoms with E-state index in [1.165, 1.54) is 21.2 Å². The van der Waals surface area contributed by atoms with E-state index in [0.29, 0.717) is 0 Å². The number of fused-ring (bicyclic) bond motifs is 1. The summed E-state index contributed by atoms with van der Waals surface area (Å²) >= 11 is 1.74. The predicted molar refractivity (Wildman–Crippen MR) is 104 cm³/mol. The summed E-state index contributed by atoms with van der Waals surface area (Å²) in [5, 5.41) is 6.92. The molecule has 0 radical (unpaired) electrons. The number of aryl methyl sites for hydroxylation is 1. The first-order valence-electron chi connectivity index (χ1n) is 8.15. The lowest BCUT2D eigenvalue weighted by atomic mass is 10.1. The zero-order valence-corrected chi connectivity index (χ0v) is 14.3. The van der Waals surface area contributed by atoms with E-state index in [4.69, 9.17) is 4.98 Å². The van der Waals surface area contributed by atoms with Crippen molar-refractivity contribution in [1.82, 2.24) is 4.98 Å². The monoisotopic (exact) mass is 330 g/mol. The van der Waals surface area contributed by atoms with Crippen LogP contribution >= 0.6 is 11.3 Å². The van der Waals surface area contributed by atoms with Crippen LogP contribution in [0.15, 0.2) is 72.8 Å². The van der Waals surface area contributed by atoms with Gasteiger partial charge in [-0.2, -0.15) is 0 Å². The molecular formula is C21H18N2S. The summed E-state index contributed by atoms with van der Waals surface area (Å²) in [5.74, 6) is 0. The van der Waals surface area contributed by atoms with Crippen LogP contribution in [0.1, 0.15) is 11.8 Å². The van der Waals surface area contributed by atoms with Crippen LogP contribution in [0.2, 0.25) is 0 Å². The van der Waals surface area contributed by atoms with Gasteiger partial charge in [-0.3, -0.25) is 0 Å². The molecule has 4 rings (SSSR count). The van der Waals surface area contributed by atoms with E-state index in [-0.39, 0.29) is 0 Å². The zero-order chi connectivity index (χ0) is 16.4. The highest BCUT2D eigenvalue weighted by Crippen LogP contribution is 2.34. The number of hydrogen-bond acceptors (Lipinski definition) is 3. The average Bonchev–Trinajstić information content (AvgIpc) is 3.06. The third kappa shape index (κ3) is 2.79. The van der Waals surface area contributed by atoms with Gasteiger partial charge in [-0.05, 0) is 17.9 Å². The molecule has 1 aromatic heterocycles. The summed E-state index contributed by atoms with van der Waals surface area (Å²) in [6.45, 7) is 2.18. The molecule has 3 aromatic carbocycles. The minimum Gasteiger partial charge on any atom is -0.331 e. The molecule has 0 aliphatic carbocycles. The van der Waals surface area contributed by atoms with Crippen molar-refractivity contribution in [3.05, 3.63) is 77.7 Å². The molecular weight excluding hydrogens is 312 g/mol. The van der Waals surface area contributed by atoms with Crippen LogP contribution in [-0.4, -0.2) is 4.98 Å². The van der Waals surface area contributed by atoms with Crippen molar-refractivity contribution in [2.45, 2.75) is 13.3 Å². The predicted octanol–water partition coefficient (Wildman–Crippen LogP) is 6.27. The van der Waals surface area contributed by atoms with Gasteiger partial charge in [0.25, 0.3) is 0 Å². The molecule has 118 valence electrons. The van der Waals surface area contributed by atoms with E-state index in [2.05, 4.69) is 79.0 Å². The van der Waals surface area contributed by atoms with Gasteiger partial charge >= 0.3 is 0 Å². The summed E-state index contributed by atoms with van der Waals surface area (Å²) < 4.78 is 0. The van der Waals surface area contributed by atoms with E-state index in [1.807, 2.05) is 6.07 Å². The van der Waals surface area contributed by atoms with Crippen LogP contribution in [0, 0.1) is 0 Å². The van der Waals surface area contributed by atoms with E-state index >= 15 is 0 Å². The SMILES string of the molecule is CCc1sc(Nc2cccc3ccccc23)nc1-c1ccccc1. The fourth-order valence-electron chi connectivity index (χ4n) is 2.92. The van der Waals surface area contributed by atoms with Crippen LogP contribution in [0.3, 0.4) is 0 Å². The van der Waals surface area contributed by atoms with E-state index in [9.17, 15) is 0 Å².